The molecule has 0 radical (unpaired) electrons. The van der Waals surface area contributed by atoms with Crippen LogP contribution in [-0.4, -0.2) is 37.4 Å². The van der Waals surface area contributed by atoms with Crippen LogP contribution in [0.2, 0.25) is 0 Å². The lowest BCUT2D eigenvalue weighted by Crippen LogP contribution is -2.27. The Morgan fingerprint density at radius 3 is 2.53 bits per heavy atom. The van der Waals surface area contributed by atoms with Crippen LogP contribution in [0.15, 0.2) is 42.5 Å². The fraction of sp³-hybridized carbons (Fsp3) is 0.348. The van der Waals surface area contributed by atoms with Crippen LogP contribution < -0.4 is 20.1 Å². The van der Waals surface area contributed by atoms with Gasteiger partial charge in [0.15, 0.2) is 17.3 Å². The van der Waals surface area contributed by atoms with Crippen molar-refractivity contribution in [1.29, 1.82) is 0 Å². The van der Waals surface area contributed by atoms with E-state index in [1.54, 1.807) is 42.5 Å². The largest absolute Gasteiger partial charge is 0.493 e. The van der Waals surface area contributed by atoms with E-state index in [9.17, 15) is 14.4 Å². The minimum absolute atomic E-state index is 0.0531. The first-order valence-electron chi connectivity index (χ1n) is 9.99. The summed E-state index contributed by atoms with van der Waals surface area (Å²) in [7, 11) is 1.51. The number of Topliss-reactive ketones (excluding diaryl/α,β-unsaturated/α-hetero) is 1. The molecule has 2 aromatic rings. The number of ketones is 1. The van der Waals surface area contributed by atoms with E-state index in [0.29, 0.717) is 41.3 Å². The fourth-order valence-corrected chi connectivity index (χ4v) is 2.91. The molecule has 158 valence electrons. The number of rotatable bonds is 10. The number of methoxy groups -OCH3 is 1. The third-order valence-electron chi connectivity index (χ3n) is 4.73. The van der Waals surface area contributed by atoms with E-state index in [0.717, 1.165) is 12.8 Å². The lowest BCUT2D eigenvalue weighted by atomic mass is 10.1. The summed E-state index contributed by atoms with van der Waals surface area (Å²) in [5.41, 5.74) is 1.51. The second-order valence-corrected chi connectivity index (χ2v) is 7.22. The molecule has 0 atom stereocenters. The summed E-state index contributed by atoms with van der Waals surface area (Å²) in [6.07, 6.45) is 2.73. The van der Waals surface area contributed by atoms with Crippen molar-refractivity contribution in [2.75, 3.05) is 19.0 Å². The zero-order valence-electron chi connectivity index (χ0n) is 17.2. The Hall–Kier alpha value is -3.35. The van der Waals surface area contributed by atoms with Crippen molar-refractivity contribution < 1.29 is 23.9 Å². The zero-order chi connectivity index (χ0) is 21.5. The number of carbonyl (C=O) groups is 3. The van der Waals surface area contributed by atoms with Crippen molar-refractivity contribution in [2.45, 2.75) is 38.6 Å². The number of ether oxygens (including phenoxy) is 2. The van der Waals surface area contributed by atoms with Crippen LogP contribution in [-0.2, 0) is 4.79 Å². The molecule has 0 bridgehead atoms. The average molecular weight is 410 g/mol. The number of nitrogens with one attached hydrogen (secondary N) is 2. The maximum absolute atomic E-state index is 12.3. The van der Waals surface area contributed by atoms with Crippen LogP contribution >= 0.6 is 0 Å². The van der Waals surface area contributed by atoms with E-state index in [1.165, 1.54) is 14.0 Å². The molecule has 0 aliphatic heterocycles. The number of carbonyl (C=O) groups excluding carboxylic acids is 3. The fourth-order valence-electron chi connectivity index (χ4n) is 2.91. The van der Waals surface area contributed by atoms with Gasteiger partial charge in [-0.3, -0.25) is 14.4 Å². The van der Waals surface area contributed by atoms with Crippen LogP contribution in [0.1, 0.15) is 53.3 Å². The van der Waals surface area contributed by atoms with Gasteiger partial charge in [0.25, 0.3) is 5.91 Å². The first kappa shape index (κ1) is 21.4. The Morgan fingerprint density at radius 1 is 1.07 bits per heavy atom. The maximum atomic E-state index is 12.3. The van der Waals surface area contributed by atoms with Gasteiger partial charge in [0, 0.05) is 18.0 Å². The normalized spacial score (nSPS) is 12.7. The number of hydrogen-bond donors (Lipinski definition) is 2. The average Bonchev–Trinajstić information content (AvgIpc) is 3.55. The number of hydrogen-bond acceptors (Lipinski definition) is 5. The van der Waals surface area contributed by atoms with Gasteiger partial charge in [-0.15, -0.1) is 0 Å². The van der Waals surface area contributed by atoms with Crippen molar-refractivity contribution >= 4 is 23.3 Å². The molecule has 1 saturated carbocycles. The lowest BCUT2D eigenvalue weighted by molar-refractivity contribution is -0.116. The SMILES string of the molecule is COc1cc(C(C)=O)ccc1OCCCC(=O)Nc1ccccc1C(=O)NC1CC1. The second-order valence-electron chi connectivity index (χ2n) is 7.22. The predicted octanol–water partition coefficient (Wildman–Crippen LogP) is 3.59. The predicted molar refractivity (Wildman–Crippen MR) is 113 cm³/mol. The van der Waals surface area contributed by atoms with Crippen LogP contribution in [0.5, 0.6) is 11.5 Å². The molecule has 1 aliphatic rings. The van der Waals surface area contributed by atoms with Crippen molar-refractivity contribution in [2.24, 2.45) is 0 Å². The highest BCUT2D eigenvalue weighted by molar-refractivity contribution is 6.03. The summed E-state index contributed by atoms with van der Waals surface area (Å²) in [6.45, 7) is 1.80. The minimum Gasteiger partial charge on any atom is -0.493 e. The summed E-state index contributed by atoms with van der Waals surface area (Å²) in [5.74, 6) is 0.581. The monoisotopic (exact) mass is 410 g/mol. The van der Waals surface area contributed by atoms with Gasteiger partial charge in [0.1, 0.15) is 0 Å². The van der Waals surface area contributed by atoms with E-state index in [4.69, 9.17) is 9.47 Å². The summed E-state index contributed by atoms with van der Waals surface area (Å²) in [5, 5.41) is 5.74. The number of anilines is 1. The number of amides is 2. The van der Waals surface area contributed by atoms with Gasteiger partial charge < -0.3 is 20.1 Å². The molecule has 0 saturated heterocycles. The zero-order valence-corrected chi connectivity index (χ0v) is 17.2. The molecule has 2 aromatic carbocycles. The summed E-state index contributed by atoms with van der Waals surface area (Å²) in [6, 6.07) is 12.2. The Kier molecular flexibility index (Phi) is 7.06. The Balaban J connectivity index is 1.49. The van der Waals surface area contributed by atoms with Crippen LogP contribution in [0.25, 0.3) is 0 Å². The molecule has 7 nitrogen and oxygen atoms in total. The summed E-state index contributed by atoms with van der Waals surface area (Å²) >= 11 is 0. The van der Waals surface area contributed by atoms with E-state index in [-0.39, 0.29) is 30.1 Å². The summed E-state index contributed by atoms with van der Waals surface area (Å²) in [4.78, 5) is 36.1. The van der Waals surface area contributed by atoms with Crippen molar-refractivity contribution in [3.63, 3.8) is 0 Å². The molecule has 1 aliphatic carbocycles. The first-order chi connectivity index (χ1) is 14.5. The Labute approximate surface area is 175 Å². The highest BCUT2D eigenvalue weighted by Crippen LogP contribution is 2.28. The highest BCUT2D eigenvalue weighted by atomic mass is 16.5. The molecule has 30 heavy (non-hydrogen) atoms. The van der Waals surface area contributed by atoms with Gasteiger partial charge in [0.05, 0.1) is 25.0 Å². The topological polar surface area (TPSA) is 93.7 Å². The smallest absolute Gasteiger partial charge is 0.253 e. The number of benzene rings is 2. The third-order valence-corrected chi connectivity index (χ3v) is 4.73. The van der Waals surface area contributed by atoms with E-state index in [2.05, 4.69) is 10.6 Å². The Morgan fingerprint density at radius 2 is 1.83 bits per heavy atom. The molecule has 0 spiro atoms. The van der Waals surface area contributed by atoms with Crippen molar-refractivity contribution in [1.82, 2.24) is 5.32 Å². The molecular weight excluding hydrogens is 384 g/mol. The molecule has 7 heteroatoms. The molecule has 3 rings (SSSR count). The molecule has 0 aromatic heterocycles. The number of para-hydroxylation sites is 1. The molecule has 0 unspecified atom stereocenters. The van der Waals surface area contributed by atoms with Crippen LogP contribution in [0.3, 0.4) is 0 Å². The Bertz CT molecular complexity index is 937. The molecule has 2 N–H and O–H groups in total. The molecule has 0 heterocycles. The standard InChI is InChI=1S/C23H26N2O5/c1-15(26)16-9-12-20(21(14-16)29-2)30-13-5-8-22(27)25-19-7-4-3-6-18(19)23(28)24-17-10-11-17/h3-4,6-7,9,12,14,17H,5,8,10-11,13H2,1-2H3,(H,24,28)(H,25,27). The van der Waals surface area contributed by atoms with Gasteiger partial charge in [0.2, 0.25) is 5.91 Å². The summed E-state index contributed by atoms with van der Waals surface area (Å²) < 4.78 is 11.0. The van der Waals surface area contributed by atoms with Gasteiger partial charge in [-0.1, -0.05) is 12.1 Å². The van der Waals surface area contributed by atoms with Crippen LogP contribution in [0, 0.1) is 0 Å². The maximum Gasteiger partial charge on any atom is 0.253 e. The van der Waals surface area contributed by atoms with Gasteiger partial charge in [-0.25, -0.2) is 0 Å². The first-order valence-corrected chi connectivity index (χ1v) is 9.99. The van der Waals surface area contributed by atoms with Gasteiger partial charge in [-0.05, 0) is 56.5 Å². The quantitative estimate of drug-likeness (QED) is 0.461. The lowest BCUT2D eigenvalue weighted by Gasteiger charge is -2.12. The van der Waals surface area contributed by atoms with Crippen LogP contribution in [0.4, 0.5) is 5.69 Å². The third kappa shape index (κ3) is 5.83. The van der Waals surface area contributed by atoms with E-state index < -0.39 is 0 Å². The highest BCUT2D eigenvalue weighted by Gasteiger charge is 2.25. The van der Waals surface area contributed by atoms with Crippen molar-refractivity contribution in [3.05, 3.63) is 53.6 Å². The van der Waals surface area contributed by atoms with E-state index in [1.807, 2.05) is 0 Å². The minimum atomic E-state index is -0.191. The second kappa shape index (κ2) is 9.91. The molecular formula is C23H26N2O5. The van der Waals surface area contributed by atoms with Gasteiger partial charge >= 0.3 is 0 Å². The van der Waals surface area contributed by atoms with Crippen molar-refractivity contribution in [3.8, 4) is 11.5 Å². The molecule has 2 amide bonds. The van der Waals surface area contributed by atoms with Gasteiger partial charge in [-0.2, -0.15) is 0 Å². The molecule has 1 fully saturated rings. The van der Waals surface area contributed by atoms with E-state index >= 15 is 0 Å².